The highest BCUT2D eigenvalue weighted by Crippen LogP contribution is 2.46. The van der Waals surface area contributed by atoms with Crippen LogP contribution in [-0.2, 0) is 22.5 Å². The summed E-state index contributed by atoms with van der Waals surface area (Å²) in [5.74, 6) is 0.861. The Hall–Kier alpha value is -3.37. The molecule has 10 heteroatoms. The summed E-state index contributed by atoms with van der Waals surface area (Å²) in [5, 5.41) is 6.40. The van der Waals surface area contributed by atoms with Crippen LogP contribution in [0.5, 0.6) is 5.75 Å². The molecule has 1 aliphatic carbocycles. The van der Waals surface area contributed by atoms with Crippen molar-refractivity contribution in [1.29, 1.82) is 0 Å². The van der Waals surface area contributed by atoms with Gasteiger partial charge in [0.15, 0.2) is 18.2 Å². The highest BCUT2D eigenvalue weighted by atomic mass is 19.1. The summed E-state index contributed by atoms with van der Waals surface area (Å²) in [6.07, 6.45) is 6.27. The number of nitrogens with one attached hydrogen (secondary N) is 2. The Morgan fingerprint density at radius 1 is 1.14 bits per heavy atom. The number of aryl methyl sites for hydroxylation is 1. The van der Waals surface area contributed by atoms with Gasteiger partial charge in [0.25, 0.3) is 5.91 Å². The summed E-state index contributed by atoms with van der Waals surface area (Å²) in [6, 6.07) is 7.20. The number of hydrogen-bond acceptors (Lipinski definition) is 8. The van der Waals surface area contributed by atoms with Gasteiger partial charge in [-0.2, -0.15) is 0 Å². The standard InChI is InChI=1S/C25H27FN6O3/c26-17-12-28-18-2-4-20(27)31-22(18)16(17)5-6-25-9-7-24(8-10-25,14-35-25)29-11-15-1-3-19-23(30-15)32-21(33)13-34-19/h1-4,12,29H,5-11,13-14H2,(H2,27,31)(H,30,32,33). The van der Waals surface area contributed by atoms with Crippen LogP contribution in [0.3, 0.4) is 0 Å². The number of nitrogen functional groups attached to an aromatic ring is 1. The van der Waals surface area contributed by atoms with Crippen LogP contribution >= 0.6 is 0 Å². The number of anilines is 2. The largest absolute Gasteiger partial charge is 0.480 e. The molecule has 0 radical (unpaired) electrons. The van der Waals surface area contributed by atoms with Gasteiger partial charge in [0.05, 0.1) is 35.1 Å². The van der Waals surface area contributed by atoms with Crippen molar-refractivity contribution in [1.82, 2.24) is 20.3 Å². The summed E-state index contributed by atoms with van der Waals surface area (Å²) in [7, 11) is 0. The van der Waals surface area contributed by atoms with Crippen molar-refractivity contribution in [2.75, 3.05) is 24.3 Å². The lowest BCUT2D eigenvalue weighted by Crippen LogP contribution is -2.61. The van der Waals surface area contributed by atoms with Crippen molar-refractivity contribution < 1.29 is 18.7 Å². The fraction of sp³-hybridized carbons (Fsp3) is 0.440. The summed E-state index contributed by atoms with van der Waals surface area (Å²) in [4.78, 5) is 24.6. The minimum absolute atomic E-state index is 0.0169. The van der Waals surface area contributed by atoms with Gasteiger partial charge in [-0.25, -0.2) is 14.4 Å². The maximum Gasteiger partial charge on any atom is 0.263 e. The van der Waals surface area contributed by atoms with Gasteiger partial charge >= 0.3 is 0 Å². The fourth-order valence-corrected chi connectivity index (χ4v) is 5.40. The van der Waals surface area contributed by atoms with E-state index in [9.17, 15) is 9.18 Å². The molecule has 6 heterocycles. The number of ether oxygens (including phenoxy) is 2. The van der Waals surface area contributed by atoms with Crippen molar-refractivity contribution in [2.24, 2.45) is 0 Å². The molecule has 35 heavy (non-hydrogen) atoms. The summed E-state index contributed by atoms with van der Waals surface area (Å²) in [6.45, 7) is 1.19. The molecule has 2 bridgehead atoms. The van der Waals surface area contributed by atoms with Crippen molar-refractivity contribution in [3.63, 3.8) is 0 Å². The van der Waals surface area contributed by atoms with E-state index < -0.39 is 0 Å². The molecule has 0 unspecified atom stereocenters. The highest BCUT2D eigenvalue weighted by molar-refractivity contribution is 5.94. The molecule has 1 amide bonds. The molecule has 3 aromatic heterocycles. The number of carbonyl (C=O) groups excluding carboxylic acids is 1. The first-order valence-corrected chi connectivity index (χ1v) is 11.9. The molecule has 182 valence electrons. The molecule has 7 rings (SSSR count). The van der Waals surface area contributed by atoms with Crippen LogP contribution in [0.15, 0.2) is 30.5 Å². The number of fused-ring (bicyclic) bond motifs is 5. The van der Waals surface area contributed by atoms with E-state index in [0.29, 0.717) is 53.6 Å². The third-order valence-electron chi connectivity index (χ3n) is 7.57. The van der Waals surface area contributed by atoms with Crippen LogP contribution < -0.4 is 21.1 Å². The first-order chi connectivity index (χ1) is 16.9. The SMILES string of the molecule is Nc1ccc2ncc(F)c(CCC34CCC(NCc5ccc6c(n5)NC(=O)CO6)(CC3)CO4)c2n1. The number of pyridine rings is 3. The average molecular weight is 479 g/mol. The normalized spacial score (nSPS) is 25.2. The molecule has 9 nitrogen and oxygen atoms in total. The van der Waals surface area contributed by atoms with E-state index in [-0.39, 0.29) is 29.5 Å². The van der Waals surface area contributed by atoms with E-state index in [1.165, 1.54) is 6.20 Å². The van der Waals surface area contributed by atoms with Gasteiger partial charge in [0.2, 0.25) is 0 Å². The van der Waals surface area contributed by atoms with E-state index in [0.717, 1.165) is 37.8 Å². The second-order valence-electron chi connectivity index (χ2n) is 9.78. The monoisotopic (exact) mass is 478 g/mol. The van der Waals surface area contributed by atoms with E-state index in [1.54, 1.807) is 12.1 Å². The Labute approximate surface area is 201 Å². The maximum absolute atomic E-state index is 14.7. The zero-order chi connectivity index (χ0) is 24.0. The van der Waals surface area contributed by atoms with Gasteiger partial charge in [0.1, 0.15) is 11.6 Å². The highest BCUT2D eigenvalue weighted by Gasteiger charge is 2.49. The van der Waals surface area contributed by atoms with Gasteiger partial charge < -0.3 is 25.8 Å². The Bertz CT molecular complexity index is 1290. The third-order valence-corrected chi connectivity index (χ3v) is 7.57. The molecule has 4 N–H and O–H groups in total. The Morgan fingerprint density at radius 2 is 2.00 bits per heavy atom. The fourth-order valence-electron chi connectivity index (χ4n) is 5.40. The van der Waals surface area contributed by atoms with Crippen molar-refractivity contribution in [3.05, 3.63) is 47.5 Å². The number of nitrogens with two attached hydrogens (primary N) is 1. The quantitative estimate of drug-likeness (QED) is 0.494. The molecule has 2 saturated heterocycles. The van der Waals surface area contributed by atoms with Crippen molar-refractivity contribution in [2.45, 2.75) is 56.2 Å². The number of rotatable bonds is 6. The molecule has 3 aliphatic heterocycles. The van der Waals surface area contributed by atoms with Crippen molar-refractivity contribution >= 4 is 28.6 Å². The minimum atomic E-state index is -0.353. The minimum Gasteiger partial charge on any atom is -0.480 e. The lowest BCUT2D eigenvalue weighted by atomic mass is 9.69. The first kappa shape index (κ1) is 22.1. The molecule has 1 saturated carbocycles. The smallest absolute Gasteiger partial charge is 0.263 e. The summed E-state index contributed by atoms with van der Waals surface area (Å²) >= 11 is 0. The number of carbonyl (C=O) groups is 1. The lowest BCUT2D eigenvalue weighted by molar-refractivity contribution is -0.165. The molecule has 4 aliphatic rings. The average Bonchev–Trinajstić information content (AvgIpc) is 2.88. The van der Waals surface area contributed by atoms with E-state index in [1.807, 2.05) is 12.1 Å². The van der Waals surface area contributed by atoms with Crippen LogP contribution in [0.1, 0.15) is 43.4 Å². The number of amides is 1. The summed E-state index contributed by atoms with van der Waals surface area (Å²) in [5.41, 5.74) is 8.04. The zero-order valence-electron chi connectivity index (χ0n) is 19.3. The van der Waals surface area contributed by atoms with Crippen LogP contribution in [-0.4, -0.2) is 45.2 Å². The van der Waals surface area contributed by atoms with Crippen LogP contribution in [0.25, 0.3) is 11.0 Å². The van der Waals surface area contributed by atoms with Crippen LogP contribution in [0, 0.1) is 5.82 Å². The Balaban J connectivity index is 1.10. The molecule has 3 fully saturated rings. The van der Waals surface area contributed by atoms with E-state index >= 15 is 0 Å². The predicted molar refractivity (Wildman–Crippen MR) is 127 cm³/mol. The Morgan fingerprint density at radius 3 is 2.80 bits per heavy atom. The van der Waals surface area contributed by atoms with E-state index in [2.05, 4.69) is 25.6 Å². The maximum atomic E-state index is 14.7. The predicted octanol–water partition coefficient (Wildman–Crippen LogP) is 2.88. The summed E-state index contributed by atoms with van der Waals surface area (Å²) < 4.78 is 26.5. The molecule has 0 spiro atoms. The number of nitrogens with zero attached hydrogens (tertiary/aromatic N) is 3. The van der Waals surface area contributed by atoms with Gasteiger partial charge in [0, 0.05) is 17.6 Å². The molecule has 0 atom stereocenters. The zero-order valence-corrected chi connectivity index (χ0v) is 19.3. The third kappa shape index (κ3) is 4.17. The lowest BCUT2D eigenvalue weighted by Gasteiger charge is -2.53. The van der Waals surface area contributed by atoms with Gasteiger partial charge in [-0.1, -0.05) is 0 Å². The topological polar surface area (TPSA) is 124 Å². The number of halogens is 1. The number of aromatic nitrogens is 3. The molecular formula is C25H27FN6O3. The van der Waals surface area contributed by atoms with Crippen LogP contribution in [0.4, 0.5) is 16.0 Å². The second-order valence-corrected chi connectivity index (χ2v) is 9.78. The van der Waals surface area contributed by atoms with Gasteiger partial charge in [-0.3, -0.25) is 9.78 Å². The number of hydrogen-bond donors (Lipinski definition) is 3. The van der Waals surface area contributed by atoms with Gasteiger partial charge in [-0.05, 0) is 62.8 Å². The Kier molecular flexibility index (Phi) is 5.30. The molecular weight excluding hydrogens is 451 g/mol. The first-order valence-electron chi connectivity index (χ1n) is 11.9. The van der Waals surface area contributed by atoms with Crippen molar-refractivity contribution in [3.8, 4) is 5.75 Å². The second kappa shape index (κ2) is 8.39. The van der Waals surface area contributed by atoms with E-state index in [4.69, 9.17) is 15.2 Å². The van der Waals surface area contributed by atoms with Gasteiger partial charge in [-0.15, -0.1) is 0 Å². The van der Waals surface area contributed by atoms with Crippen LogP contribution in [0.2, 0.25) is 0 Å². The molecule has 0 aromatic carbocycles. The molecule has 3 aromatic rings.